The van der Waals surface area contributed by atoms with Gasteiger partial charge in [-0.3, -0.25) is 4.98 Å². The maximum atomic E-state index is 12.2. The van der Waals surface area contributed by atoms with Gasteiger partial charge in [-0.1, -0.05) is 0 Å². The zero-order valence-electron chi connectivity index (χ0n) is 9.19. The number of hydrogen-bond acceptors (Lipinski definition) is 5. The normalized spacial score (nSPS) is 22.4. The number of nitrogens with zero attached hydrogens (tertiary/aromatic N) is 1. The second-order valence-corrected chi connectivity index (χ2v) is 3.58. The Bertz CT molecular complexity index is 464. The van der Waals surface area contributed by atoms with Gasteiger partial charge in [-0.2, -0.15) is 13.2 Å². The lowest BCUT2D eigenvalue weighted by Gasteiger charge is -2.08. The van der Waals surface area contributed by atoms with Crippen LogP contribution in [0, 0.1) is 0 Å². The number of halogens is 3. The highest BCUT2D eigenvalue weighted by atomic mass is 19.4. The second-order valence-electron chi connectivity index (χ2n) is 3.58. The molecular formula is C10H9F3N2O3. The Morgan fingerprint density at radius 1 is 1.56 bits per heavy atom. The first-order valence-electron chi connectivity index (χ1n) is 4.94. The highest BCUT2D eigenvalue weighted by molar-refractivity contribution is 5.95. The molecule has 5 nitrogen and oxygen atoms in total. The Balaban J connectivity index is 2.10. The lowest BCUT2D eigenvalue weighted by molar-refractivity contribution is -0.146. The number of nitrogens with one attached hydrogen (secondary N) is 1. The first kappa shape index (κ1) is 12.6. The molecule has 0 spiro atoms. The molecule has 2 heterocycles. The summed E-state index contributed by atoms with van der Waals surface area (Å²) in [4.78, 5) is 15.1. The fourth-order valence-electron chi connectivity index (χ4n) is 1.42. The summed E-state index contributed by atoms with van der Waals surface area (Å²) in [7, 11) is 1.18. The van der Waals surface area contributed by atoms with E-state index in [2.05, 4.69) is 19.8 Å². The topological polar surface area (TPSA) is 63.8 Å². The molecule has 1 aliphatic heterocycles. The molecule has 0 amide bonds. The largest absolute Gasteiger partial charge is 0.465 e. The minimum Gasteiger partial charge on any atom is -0.465 e. The lowest BCUT2D eigenvalue weighted by Crippen LogP contribution is -2.22. The van der Waals surface area contributed by atoms with Gasteiger partial charge in [0.1, 0.15) is 0 Å². The third kappa shape index (κ3) is 2.53. The van der Waals surface area contributed by atoms with Crippen LogP contribution in [0.1, 0.15) is 10.4 Å². The van der Waals surface area contributed by atoms with Gasteiger partial charge in [0.25, 0.3) is 0 Å². The van der Waals surface area contributed by atoms with Crippen LogP contribution in [-0.2, 0) is 9.47 Å². The molecule has 8 heteroatoms. The molecule has 0 saturated carbocycles. The van der Waals surface area contributed by atoms with Gasteiger partial charge in [-0.05, 0) is 6.07 Å². The van der Waals surface area contributed by atoms with Crippen molar-refractivity contribution in [3.8, 4) is 0 Å². The lowest BCUT2D eigenvalue weighted by atomic mass is 10.2. The van der Waals surface area contributed by atoms with Gasteiger partial charge in [0.15, 0.2) is 12.3 Å². The molecule has 2 rings (SSSR count). The van der Waals surface area contributed by atoms with Gasteiger partial charge in [0, 0.05) is 6.20 Å². The number of alkyl halides is 3. The standard InChI is InChI=1S/C10H9F3N2O3/c1-17-9(16)5-2-3-14-4-6(5)15-8-7(18-8)10(11,12)13/h2-4,7-8,15H,1H3. The van der Waals surface area contributed by atoms with Crippen LogP contribution in [0.5, 0.6) is 0 Å². The van der Waals surface area contributed by atoms with Crippen molar-refractivity contribution in [1.82, 2.24) is 4.98 Å². The quantitative estimate of drug-likeness (QED) is 0.661. The Labute approximate surface area is 99.9 Å². The van der Waals surface area contributed by atoms with E-state index in [4.69, 9.17) is 0 Å². The van der Waals surface area contributed by atoms with E-state index in [-0.39, 0.29) is 11.3 Å². The Hall–Kier alpha value is -1.83. The van der Waals surface area contributed by atoms with E-state index in [0.717, 1.165) is 0 Å². The van der Waals surface area contributed by atoms with E-state index < -0.39 is 24.5 Å². The monoisotopic (exact) mass is 262 g/mol. The molecule has 1 saturated heterocycles. The number of carbonyl (C=O) groups is 1. The number of epoxide rings is 1. The summed E-state index contributed by atoms with van der Waals surface area (Å²) in [6, 6.07) is 1.35. The van der Waals surface area contributed by atoms with E-state index in [1.54, 1.807) is 0 Å². The average molecular weight is 262 g/mol. The minimum atomic E-state index is -4.43. The molecule has 98 valence electrons. The molecule has 18 heavy (non-hydrogen) atoms. The van der Waals surface area contributed by atoms with Gasteiger partial charge in [-0.15, -0.1) is 0 Å². The highest BCUT2D eigenvalue weighted by Crippen LogP contribution is 2.38. The van der Waals surface area contributed by atoms with E-state index in [0.29, 0.717) is 0 Å². The maximum Gasteiger partial charge on any atom is 0.419 e. The van der Waals surface area contributed by atoms with Crippen LogP contribution in [0.2, 0.25) is 0 Å². The molecule has 1 aromatic heterocycles. The SMILES string of the molecule is COC(=O)c1ccncc1NC1OC1C(F)(F)F. The third-order valence-corrected chi connectivity index (χ3v) is 2.34. The maximum absolute atomic E-state index is 12.2. The summed E-state index contributed by atoms with van der Waals surface area (Å²) in [5.74, 6) is -0.663. The summed E-state index contributed by atoms with van der Waals surface area (Å²) in [6.45, 7) is 0. The molecule has 2 unspecified atom stereocenters. The van der Waals surface area contributed by atoms with Crippen molar-refractivity contribution in [1.29, 1.82) is 0 Å². The van der Waals surface area contributed by atoms with Crippen molar-refractivity contribution in [3.05, 3.63) is 24.0 Å². The summed E-state index contributed by atoms with van der Waals surface area (Å²) >= 11 is 0. The molecule has 0 aliphatic carbocycles. The summed E-state index contributed by atoms with van der Waals surface area (Å²) < 4.78 is 45.7. The Kier molecular flexibility index (Phi) is 3.12. The van der Waals surface area contributed by atoms with Crippen LogP contribution in [0.4, 0.5) is 18.9 Å². The summed E-state index contributed by atoms with van der Waals surface area (Å²) in [5, 5.41) is 2.45. The van der Waals surface area contributed by atoms with E-state index >= 15 is 0 Å². The average Bonchev–Trinajstić information content (AvgIpc) is 3.08. The summed E-state index contributed by atoms with van der Waals surface area (Å²) in [6.07, 6.45) is -4.90. The molecule has 1 aliphatic rings. The van der Waals surface area contributed by atoms with E-state index in [1.807, 2.05) is 0 Å². The van der Waals surface area contributed by atoms with Crippen LogP contribution in [0.3, 0.4) is 0 Å². The number of carbonyl (C=O) groups excluding carboxylic acids is 1. The number of esters is 1. The number of rotatable bonds is 3. The second kappa shape index (κ2) is 4.45. The highest BCUT2D eigenvalue weighted by Gasteiger charge is 2.58. The Morgan fingerprint density at radius 2 is 2.28 bits per heavy atom. The van der Waals surface area contributed by atoms with Crippen molar-refractivity contribution in [2.24, 2.45) is 0 Å². The fraction of sp³-hybridized carbons (Fsp3) is 0.400. The first-order chi connectivity index (χ1) is 8.43. The number of hydrogen-bond donors (Lipinski definition) is 1. The predicted octanol–water partition coefficient (Wildman–Crippen LogP) is 1.57. The van der Waals surface area contributed by atoms with Gasteiger partial charge >= 0.3 is 12.1 Å². The molecule has 2 atom stereocenters. The van der Waals surface area contributed by atoms with Crippen molar-refractivity contribution >= 4 is 11.7 Å². The molecular weight excluding hydrogens is 253 g/mol. The third-order valence-electron chi connectivity index (χ3n) is 2.34. The van der Waals surface area contributed by atoms with Crippen LogP contribution >= 0.6 is 0 Å². The Morgan fingerprint density at radius 3 is 2.83 bits per heavy atom. The van der Waals surface area contributed by atoms with Crippen LogP contribution in [0.15, 0.2) is 18.5 Å². The van der Waals surface area contributed by atoms with E-state index in [1.165, 1.54) is 25.6 Å². The van der Waals surface area contributed by atoms with Crippen molar-refractivity contribution in [2.75, 3.05) is 12.4 Å². The molecule has 0 aromatic carbocycles. The fourth-order valence-corrected chi connectivity index (χ4v) is 1.42. The molecule has 0 radical (unpaired) electrons. The zero-order valence-corrected chi connectivity index (χ0v) is 9.19. The van der Waals surface area contributed by atoms with Gasteiger partial charge < -0.3 is 14.8 Å². The number of anilines is 1. The minimum absolute atomic E-state index is 0.101. The van der Waals surface area contributed by atoms with Crippen molar-refractivity contribution in [2.45, 2.75) is 18.5 Å². The number of ether oxygens (including phenoxy) is 2. The number of methoxy groups -OCH3 is 1. The first-order valence-corrected chi connectivity index (χ1v) is 4.94. The molecule has 1 aromatic rings. The van der Waals surface area contributed by atoms with Crippen LogP contribution < -0.4 is 5.32 Å². The number of aromatic nitrogens is 1. The van der Waals surface area contributed by atoms with Crippen molar-refractivity contribution in [3.63, 3.8) is 0 Å². The molecule has 1 fully saturated rings. The molecule has 0 bridgehead atoms. The zero-order chi connectivity index (χ0) is 13.3. The van der Waals surface area contributed by atoms with Crippen molar-refractivity contribution < 1.29 is 27.4 Å². The van der Waals surface area contributed by atoms with Gasteiger partial charge in [-0.25, -0.2) is 4.79 Å². The predicted molar refractivity (Wildman–Crippen MR) is 53.9 cm³/mol. The van der Waals surface area contributed by atoms with Gasteiger partial charge in [0.2, 0.25) is 0 Å². The van der Waals surface area contributed by atoms with Crippen LogP contribution in [-0.4, -0.2) is 36.6 Å². The smallest absolute Gasteiger partial charge is 0.419 e. The molecule has 1 N–H and O–H groups in total. The van der Waals surface area contributed by atoms with E-state index in [9.17, 15) is 18.0 Å². The summed E-state index contributed by atoms with van der Waals surface area (Å²) in [5.41, 5.74) is 0.241. The van der Waals surface area contributed by atoms with Crippen LogP contribution in [0.25, 0.3) is 0 Å². The number of pyridine rings is 1. The van der Waals surface area contributed by atoms with Gasteiger partial charge in [0.05, 0.1) is 24.6 Å².